The highest BCUT2D eigenvalue weighted by Crippen LogP contribution is 2.33. The van der Waals surface area contributed by atoms with Gasteiger partial charge in [0.2, 0.25) is 0 Å². The van der Waals surface area contributed by atoms with E-state index in [9.17, 15) is 0 Å². The molecule has 0 aliphatic heterocycles. The minimum Gasteiger partial charge on any atom is -0.456 e. The van der Waals surface area contributed by atoms with Crippen LogP contribution in [0.2, 0.25) is 0 Å². The molecule has 1 aromatic heterocycles. The maximum absolute atomic E-state index is 5.89. The van der Waals surface area contributed by atoms with Gasteiger partial charge in [0.05, 0.1) is 0 Å². The van der Waals surface area contributed by atoms with Crippen LogP contribution in [0.3, 0.4) is 0 Å². The molecule has 1 heteroatoms. The highest BCUT2D eigenvalue weighted by Gasteiger charge is 2.12. The largest absolute Gasteiger partial charge is 0.456 e. The Labute approximate surface area is 101 Å². The fourth-order valence-corrected chi connectivity index (χ4v) is 2.67. The van der Waals surface area contributed by atoms with E-state index in [4.69, 9.17) is 4.42 Å². The van der Waals surface area contributed by atoms with Gasteiger partial charge < -0.3 is 4.42 Å². The number of furan rings is 1. The van der Waals surface area contributed by atoms with E-state index < -0.39 is 0 Å². The summed E-state index contributed by atoms with van der Waals surface area (Å²) in [4.78, 5) is 0. The second kappa shape index (κ2) is 3.92. The Hall–Kier alpha value is -1.76. The number of aryl methyl sites for hydroxylation is 2. The molecule has 1 nitrogen and oxygen atoms in total. The van der Waals surface area contributed by atoms with Gasteiger partial charge in [0.15, 0.2) is 0 Å². The molecule has 0 N–H and O–H groups in total. The lowest BCUT2D eigenvalue weighted by Crippen LogP contribution is -1.91. The third kappa shape index (κ3) is 1.46. The molecule has 0 fully saturated rings. The molecule has 0 aliphatic rings. The van der Waals surface area contributed by atoms with Gasteiger partial charge >= 0.3 is 0 Å². The molecular weight excluding hydrogens is 208 g/mol. The first-order valence-electron chi connectivity index (χ1n) is 6.27. The standard InChI is InChI=1S/C16H16O/c1-3-11-9-10-15-16(12(11)4-2)13-7-5-6-8-14(13)17-15/h5-10H,3-4H2,1-2H3. The van der Waals surface area contributed by atoms with Crippen molar-refractivity contribution >= 4 is 21.9 Å². The molecule has 0 atom stereocenters. The van der Waals surface area contributed by atoms with E-state index >= 15 is 0 Å². The van der Waals surface area contributed by atoms with Crippen LogP contribution in [0.1, 0.15) is 25.0 Å². The van der Waals surface area contributed by atoms with Gasteiger partial charge in [-0.05, 0) is 36.1 Å². The molecule has 0 unspecified atom stereocenters. The third-order valence-corrected chi connectivity index (χ3v) is 3.48. The molecule has 0 saturated carbocycles. The number of hydrogen-bond acceptors (Lipinski definition) is 1. The van der Waals surface area contributed by atoms with E-state index in [0.29, 0.717) is 0 Å². The molecule has 0 bridgehead atoms. The van der Waals surface area contributed by atoms with Crippen LogP contribution >= 0.6 is 0 Å². The molecule has 0 spiro atoms. The Morgan fingerprint density at radius 2 is 1.71 bits per heavy atom. The third-order valence-electron chi connectivity index (χ3n) is 3.48. The molecule has 17 heavy (non-hydrogen) atoms. The molecule has 3 aromatic rings. The predicted molar refractivity (Wildman–Crippen MR) is 72.5 cm³/mol. The van der Waals surface area contributed by atoms with Crippen LogP contribution in [0.4, 0.5) is 0 Å². The monoisotopic (exact) mass is 224 g/mol. The Morgan fingerprint density at radius 1 is 0.882 bits per heavy atom. The molecule has 2 aromatic carbocycles. The van der Waals surface area contributed by atoms with E-state index in [-0.39, 0.29) is 0 Å². The zero-order valence-corrected chi connectivity index (χ0v) is 10.3. The summed E-state index contributed by atoms with van der Waals surface area (Å²) in [5.41, 5.74) is 4.88. The molecule has 3 rings (SSSR count). The van der Waals surface area contributed by atoms with Crippen molar-refractivity contribution in [3.8, 4) is 0 Å². The normalized spacial score (nSPS) is 11.4. The first kappa shape index (κ1) is 10.4. The lowest BCUT2D eigenvalue weighted by Gasteiger charge is -2.06. The predicted octanol–water partition coefficient (Wildman–Crippen LogP) is 4.71. The molecule has 0 aliphatic carbocycles. The average molecular weight is 224 g/mol. The van der Waals surface area contributed by atoms with Crippen LogP contribution in [0, 0.1) is 0 Å². The van der Waals surface area contributed by atoms with Gasteiger partial charge in [-0.2, -0.15) is 0 Å². The number of fused-ring (bicyclic) bond motifs is 3. The van der Waals surface area contributed by atoms with Crippen molar-refractivity contribution in [1.82, 2.24) is 0 Å². The van der Waals surface area contributed by atoms with Crippen LogP contribution < -0.4 is 0 Å². The topological polar surface area (TPSA) is 13.1 Å². The first-order valence-corrected chi connectivity index (χ1v) is 6.27. The van der Waals surface area contributed by atoms with E-state index in [1.807, 2.05) is 12.1 Å². The van der Waals surface area contributed by atoms with E-state index in [1.54, 1.807) is 0 Å². The molecule has 86 valence electrons. The van der Waals surface area contributed by atoms with Crippen molar-refractivity contribution in [2.75, 3.05) is 0 Å². The smallest absolute Gasteiger partial charge is 0.135 e. The van der Waals surface area contributed by atoms with Crippen LogP contribution in [0.5, 0.6) is 0 Å². The maximum Gasteiger partial charge on any atom is 0.135 e. The van der Waals surface area contributed by atoms with Gasteiger partial charge in [0, 0.05) is 10.8 Å². The van der Waals surface area contributed by atoms with Crippen LogP contribution in [0.25, 0.3) is 21.9 Å². The Balaban J connectivity index is 2.51. The number of para-hydroxylation sites is 1. The Bertz CT molecular complexity index is 676. The minimum absolute atomic E-state index is 0.991. The zero-order valence-electron chi connectivity index (χ0n) is 10.3. The zero-order chi connectivity index (χ0) is 11.8. The molecule has 0 saturated heterocycles. The van der Waals surface area contributed by atoms with Crippen LogP contribution in [-0.2, 0) is 12.8 Å². The SMILES string of the molecule is CCc1ccc2oc3ccccc3c2c1CC. The second-order valence-corrected chi connectivity index (χ2v) is 4.38. The van der Waals surface area contributed by atoms with Crippen molar-refractivity contribution in [2.24, 2.45) is 0 Å². The fourth-order valence-electron chi connectivity index (χ4n) is 2.67. The van der Waals surface area contributed by atoms with Crippen LogP contribution in [0.15, 0.2) is 40.8 Å². The van der Waals surface area contributed by atoms with Crippen molar-refractivity contribution in [3.63, 3.8) is 0 Å². The van der Waals surface area contributed by atoms with Gasteiger partial charge in [-0.25, -0.2) is 0 Å². The highest BCUT2D eigenvalue weighted by atomic mass is 16.3. The van der Waals surface area contributed by atoms with Crippen LogP contribution in [-0.4, -0.2) is 0 Å². The Morgan fingerprint density at radius 3 is 2.47 bits per heavy atom. The summed E-state index contributed by atoms with van der Waals surface area (Å²) in [5.74, 6) is 0. The van der Waals surface area contributed by atoms with Gasteiger partial charge in [-0.3, -0.25) is 0 Å². The van der Waals surface area contributed by atoms with Crippen molar-refractivity contribution in [3.05, 3.63) is 47.5 Å². The van der Waals surface area contributed by atoms with Gasteiger partial charge in [-0.1, -0.05) is 38.1 Å². The fraction of sp³-hybridized carbons (Fsp3) is 0.250. The molecular formula is C16H16O. The summed E-state index contributed by atoms with van der Waals surface area (Å²) in [6.07, 6.45) is 2.14. The van der Waals surface area contributed by atoms with Crippen molar-refractivity contribution < 1.29 is 4.42 Å². The van der Waals surface area contributed by atoms with Crippen molar-refractivity contribution in [1.29, 1.82) is 0 Å². The summed E-state index contributed by atoms with van der Waals surface area (Å²) in [7, 11) is 0. The summed E-state index contributed by atoms with van der Waals surface area (Å²) in [6.45, 7) is 4.43. The summed E-state index contributed by atoms with van der Waals surface area (Å²) in [5, 5.41) is 2.55. The van der Waals surface area contributed by atoms with Gasteiger partial charge in [0.25, 0.3) is 0 Å². The number of rotatable bonds is 2. The highest BCUT2D eigenvalue weighted by molar-refractivity contribution is 6.07. The van der Waals surface area contributed by atoms with Crippen molar-refractivity contribution in [2.45, 2.75) is 26.7 Å². The molecule has 1 heterocycles. The molecule has 0 amide bonds. The van der Waals surface area contributed by atoms with Gasteiger partial charge in [-0.15, -0.1) is 0 Å². The quantitative estimate of drug-likeness (QED) is 0.614. The average Bonchev–Trinajstić information content (AvgIpc) is 2.76. The first-order chi connectivity index (χ1) is 8.35. The number of hydrogen-bond donors (Lipinski definition) is 0. The Kier molecular flexibility index (Phi) is 2.40. The summed E-state index contributed by atoms with van der Waals surface area (Å²) >= 11 is 0. The lowest BCUT2D eigenvalue weighted by molar-refractivity contribution is 0.668. The minimum atomic E-state index is 0.991. The summed E-state index contributed by atoms with van der Waals surface area (Å²) in [6, 6.07) is 12.6. The lowest BCUT2D eigenvalue weighted by atomic mass is 9.97. The van der Waals surface area contributed by atoms with Gasteiger partial charge in [0.1, 0.15) is 11.2 Å². The summed E-state index contributed by atoms with van der Waals surface area (Å²) < 4.78 is 5.89. The molecule has 0 radical (unpaired) electrons. The second-order valence-electron chi connectivity index (χ2n) is 4.38. The van der Waals surface area contributed by atoms with E-state index in [0.717, 1.165) is 24.0 Å². The van der Waals surface area contributed by atoms with E-state index in [1.165, 1.54) is 21.9 Å². The van der Waals surface area contributed by atoms with E-state index in [2.05, 4.69) is 38.1 Å². The maximum atomic E-state index is 5.89. The number of benzene rings is 2.